The van der Waals surface area contributed by atoms with Crippen molar-refractivity contribution < 1.29 is 5.11 Å². The van der Waals surface area contributed by atoms with E-state index in [-0.39, 0.29) is 5.41 Å². The molecule has 2 nitrogen and oxygen atoms in total. The number of aliphatic hydroxyl groups is 1. The molecule has 0 bridgehead atoms. The largest absolute Gasteiger partial charge is 0.396 e. The van der Waals surface area contributed by atoms with Crippen LogP contribution in [0.4, 0.5) is 0 Å². The van der Waals surface area contributed by atoms with Crippen LogP contribution in [0.2, 0.25) is 0 Å². The summed E-state index contributed by atoms with van der Waals surface area (Å²) in [4.78, 5) is 0. The van der Waals surface area contributed by atoms with Crippen LogP contribution in [0.25, 0.3) is 0 Å². The molecule has 0 heterocycles. The molecular formula is C15H25NO. The molecule has 17 heavy (non-hydrogen) atoms. The van der Waals surface area contributed by atoms with Crippen molar-refractivity contribution in [2.45, 2.75) is 40.2 Å². The van der Waals surface area contributed by atoms with Crippen LogP contribution in [0.5, 0.6) is 0 Å². The quantitative estimate of drug-likeness (QED) is 0.761. The molecule has 96 valence electrons. The molecule has 1 aromatic rings. The van der Waals surface area contributed by atoms with Crippen molar-refractivity contribution in [1.82, 2.24) is 5.32 Å². The monoisotopic (exact) mass is 235 g/mol. The van der Waals surface area contributed by atoms with Crippen LogP contribution in [0.3, 0.4) is 0 Å². The number of aryl methyl sites for hydroxylation is 1. The Bertz CT molecular complexity index is 333. The number of nitrogens with one attached hydrogen (secondary N) is 1. The highest BCUT2D eigenvalue weighted by Crippen LogP contribution is 2.21. The van der Waals surface area contributed by atoms with E-state index in [9.17, 15) is 0 Å². The Hall–Kier alpha value is -0.860. The third-order valence-electron chi connectivity index (χ3n) is 3.19. The molecule has 0 atom stereocenters. The Morgan fingerprint density at radius 3 is 2.59 bits per heavy atom. The number of hydrogen-bond acceptors (Lipinski definition) is 2. The van der Waals surface area contributed by atoms with Crippen molar-refractivity contribution in [3.05, 3.63) is 35.4 Å². The highest BCUT2D eigenvalue weighted by atomic mass is 16.2. The van der Waals surface area contributed by atoms with Gasteiger partial charge < -0.3 is 10.4 Å². The molecule has 1 aromatic carbocycles. The fraction of sp³-hybridized carbons (Fsp3) is 0.600. The predicted molar refractivity (Wildman–Crippen MR) is 73.0 cm³/mol. The number of rotatable bonds is 7. The van der Waals surface area contributed by atoms with Crippen molar-refractivity contribution >= 4 is 0 Å². The molecule has 1 rings (SSSR count). The molecule has 0 amide bonds. The van der Waals surface area contributed by atoms with E-state index in [2.05, 4.69) is 50.4 Å². The third-order valence-corrected chi connectivity index (χ3v) is 3.19. The zero-order valence-corrected chi connectivity index (χ0v) is 11.3. The van der Waals surface area contributed by atoms with Gasteiger partial charge in [0.05, 0.1) is 0 Å². The lowest BCUT2D eigenvalue weighted by atomic mass is 9.88. The second-order valence-corrected chi connectivity index (χ2v) is 5.52. The van der Waals surface area contributed by atoms with Gasteiger partial charge in [-0.25, -0.2) is 0 Å². The van der Waals surface area contributed by atoms with Gasteiger partial charge in [0.25, 0.3) is 0 Å². The van der Waals surface area contributed by atoms with Crippen LogP contribution in [-0.4, -0.2) is 18.3 Å². The second kappa shape index (κ2) is 6.77. The summed E-state index contributed by atoms with van der Waals surface area (Å²) < 4.78 is 0. The van der Waals surface area contributed by atoms with Gasteiger partial charge in [-0.05, 0) is 36.3 Å². The first kappa shape index (κ1) is 14.2. The SMILES string of the molecule is Cc1ccccc1CNCC(C)(C)CCCO. The minimum Gasteiger partial charge on any atom is -0.396 e. The third kappa shape index (κ3) is 5.33. The Kier molecular flexibility index (Phi) is 5.66. The molecular weight excluding hydrogens is 210 g/mol. The van der Waals surface area contributed by atoms with E-state index in [1.807, 2.05) is 0 Å². The lowest BCUT2D eigenvalue weighted by Crippen LogP contribution is -2.29. The molecule has 0 aliphatic rings. The van der Waals surface area contributed by atoms with Gasteiger partial charge in [-0.1, -0.05) is 38.1 Å². The molecule has 0 unspecified atom stereocenters. The highest BCUT2D eigenvalue weighted by molar-refractivity contribution is 5.25. The van der Waals surface area contributed by atoms with E-state index in [0.717, 1.165) is 25.9 Å². The summed E-state index contributed by atoms with van der Waals surface area (Å²) in [6.07, 6.45) is 1.95. The van der Waals surface area contributed by atoms with Gasteiger partial charge in [0.1, 0.15) is 0 Å². The van der Waals surface area contributed by atoms with Crippen LogP contribution >= 0.6 is 0 Å². The standard InChI is InChI=1S/C15H25NO/c1-13-7-4-5-8-14(13)11-16-12-15(2,3)9-6-10-17/h4-5,7-8,16-17H,6,9-12H2,1-3H3. The van der Waals surface area contributed by atoms with Gasteiger partial charge in [-0.2, -0.15) is 0 Å². The molecule has 0 spiro atoms. The molecule has 0 saturated carbocycles. The minimum absolute atomic E-state index is 0.255. The van der Waals surface area contributed by atoms with Crippen molar-refractivity contribution in [3.63, 3.8) is 0 Å². The molecule has 0 aliphatic heterocycles. The molecule has 0 radical (unpaired) electrons. The maximum absolute atomic E-state index is 8.85. The highest BCUT2D eigenvalue weighted by Gasteiger charge is 2.16. The van der Waals surface area contributed by atoms with Gasteiger partial charge >= 0.3 is 0 Å². The van der Waals surface area contributed by atoms with Gasteiger partial charge in [-0.15, -0.1) is 0 Å². The van der Waals surface area contributed by atoms with Gasteiger partial charge in [0, 0.05) is 19.7 Å². The number of hydrogen-bond donors (Lipinski definition) is 2. The van der Waals surface area contributed by atoms with Crippen LogP contribution in [0.1, 0.15) is 37.8 Å². The molecule has 2 heteroatoms. The Morgan fingerprint density at radius 1 is 1.24 bits per heavy atom. The Balaban J connectivity index is 2.35. The van der Waals surface area contributed by atoms with Crippen molar-refractivity contribution in [2.75, 3.05) is 13.2 Å². The van der Waals surface area contributed by atoms with E-state index >= 15 is 0 Å². The zero-order chi connectivity index (χ0) is 12.7. The first-order chi connectivity index (χ1) is 8.05. The van der Waals surface area contributed by atoms with Gasteiger partial charge in [0.2, 0.25) is 0 Å². The summed E-state index contributed by atoms with van der Waals surface area (Å²) in [5, 5.41) is 12.4. The van der Waals surface area contributed by atoms with E-state index in [1.165, 1.54) is 11.1 Å². The average Bonchev–Trinajstić information content (AvgIpc) is 2.29. The summed E-state index contributed by atoms with van der Waals surface area (Å²) in [6.45, 7) is 8.84. The fourth-order valence-corrected chi connectivity index (χ4v) is 1.99. The minimum atomic E-state index is 0.255. The lowest BCUT2D eigenvalue weighted by Gasteiger charge is -2.25. The van der Waals surface area contributed by atoms with Gasteiger partial charge in [0.15, 0.2) is 0 Å². The lowest BCUT2D eigenvalue weighted by molar-refractivity contribution is 0.236. The molecule has 0 aliphatic carbocycles. The Labute approximate surface area is 105 Å². The first-order valence-electron chi connectivity index (χ1n) is 6.41. The first-order valence-corrected chi connectivity index (χ1v) is 6.41. The fourth-order valence-electron chi connectivity index (χ4n) is 1.99. The summed E-state index contributed by atoms with van der Waals surface area (Å²) in [7, 11) is 0. The van der Waals surface area contributed by atoms with E-state index in [4.69, 9.17) is 5.11 Å². The van der Waals surface area contributed by atoms with Gasteiger partial charge in [-0.3, -0.25) is 0 Å². The smallest absolute Gasteiger partial charge is 0.0431 e. The number of aliphatic hydroxyl groups excluding tert-OH is 1. The summed E-state index contributed by atoms with van der Waals surface area (Å²) in [5.41, 5.74) is 2.96. The summed E-state index contributed by atoms with van der Waals surface area (Å²) in [6, 6.07) is 8.47. The Morgan fingerprint density at radius 2 is 1.94 bits per heavy atom. The summed E-state index contributed by atoms with van der Waals surface area (Å²) >= 11 is 0. The number of benzene rings is 1. The molecule has 2 N–H and O–H groups in total. The predicted octanol–water partition coefficient (Wildman–Crippen LogP) is 2.88. The average molecular weight is 235 g/mol. The second-order valence-electron chi connectivity index (χ2n) is 5.52. The normalized spacial score (nSPS) is 11.8. The van der Waals surface area contributed by atoms with Crippen molar-refractivity contribution in [3.8, 4) is 0 Å². The van der Waals surface area contributed by atoms with E-state index < -0.39 is 0 Å². The van der Waals surface area contributed by atoms with Crippen molar-refractivity contribution in [1.29, 1.82) is 0 Å². The molecule has 0 fully saturated rings. The molecule has 0 aromatic heterocycles. The van der Waals surface area contributed by atoms with Crippen LogP contribution < -0.4 is 5.32 Å². The maximum atomic E-state index is 8.85. The van der Waals surface area contributed by atoms with Crippen LogP contribution in [0, 0.1) is 12.3 Å². The molecule has 0 saturated heterocycles. The van der Waals surface area contributed by atoms with Crippen LogP contribution in [-0.2, 0) is 6.54 Å². The summed E-state index contributed by atoms with van der Waals surface area (Å²) in [5.74, 6) is 0. The van der Waals surface area contributed by atoms with E-state index in [0.29, 0.717) is 6.61 Å². The van der Waals surface area contributed by atoms with E-state index in [1.54, 1.807) is 0 Å². The van der Waals surface area contributed by atoms with Crippen LogP contribution in [0.15, 0.2) is 24.3 Å². The maximum Gasteiger partial charge on any atom is 0.0431 e. The topological polar surface area (TPSA) is 32.3 Å². The zero-order valence-electron chi connectivity index (χ0n) is 11.3. The van der Waals surface area contributed by atoms with Crippen molar-refractivity contribution in [2.24, 2.45) is 5.41 Å².